The molecule has 8 heteroatoms. The molecule has 1 aromatic carbocycles. The molecule has 0 aliphatic carbocycles. The van der Waals surface area contributed by atoms with Crippen molar-refractivity contribution in [2.45, 2.75) is 45.6 Å². The third kappa shape index (κ3) is 4.05. The molecule has 1 aromatic heterocycles. The predicted molar refractivity (Wildman–Crippen MR) is 104 cm³/mol. The van der Waals surface area contributed by atoms with E-state index in [0.29, 0.717) is 17.1 Å². The van der Waals surface area contributed by atoms with Gasteiger partial charge in [-0.25, -0.2) is 9.97 Å². The maximum absolute atomic E-state index is 11.9. The number of Topliss-reactive ketones (excluding diaryl/α,β-unsaturated/α-hetero) is 1. The number of rotatable bonds is 6. The largest absolute Gasteiger partial charge is 0.353 e. The van der Waals surface area contributed by atoms with Gasteiger partial charge in [-0.1, -0.05) is 19.1 Å². The molecule has 3 rings (SSSR count). The summed E-state index contributed by atoms with van der Waals surface area (Å²) >= 11 is 0. The Morgan fingerprint density at radius 1 is 1.37 bits per heavy atom. The van der Waals surface area contributed by atoms with Gasteiger partial charge in [-0.15, -0.1) is 0 Å². The van der Waals surface area contributed by atoms with E-state index < -0.39 is 4.92 Å². The van der Waals surface area contributed by atoms with Crippen molar-refractivity contribution >= 4 is 28.8 Å². The van der Waals surface area contributed by atoms with E-state index in [1.54, 1.807) is 24.3 Å². The normalized spacial score (nSPS) is 16.8. The van der Waals surface area contributed by atoms with E-state index in [2.05, 4.69) is 22.2 Å². The lowest BCUT2D eigenvalue weighted by molar-refractivity contribution is -0.383. The van der Waals surface area contributed by atoms with Crippen LogP contribution in [0.2, 0.25) is 0 Å². The summed E-state index contributed by atoms with van der Waals surface area (Å²) in [5.74, 6) is 0.411. The van der Waals surface area contributed by atoms with Gasteiger partial charge in [0.2, 0.25) is 11.6 Å². The third-order valence-corrected chi connectivity index (χ3v) is 4.89. The number of hydrogen-bond acceptors (Lipinski definition) is 7. The van der Waals surface area contributed by atoms with E-state index >= 15 is 0 Å². The van der Waals surface area contributed by atoms with E-state index in [4.69, 9.17) is 0 Å². The minimum atomic E-state index is -0.437. The summed E-state index contributed by atoms with van der Waals surface area (Å²) in [6, 6.07) is 7.07. The summed E-state index contributed by atoms with van der Waals surface area (Å²) in [6.45, 7) is 4.31. The molecule has 1 saturated heterocycles. The Kier molecular flexibility index (Phi) is 5.63. The summed E-state index contributed by atoms with van der Waals surface area (Å²) in [7, 11) is 0. The minimum Gasteiger partial charge on any atom is -0.348 e. The molecule has 1 atom stereocenters. The average molecular weight is 369 g/mol. The van der Waals surface area contributed by atoms with Gasteiger partial charge < -0.3 is 10.2 Å². The Labute approximate surface area is 157 Å². The number of nitro groups is 1. The molecule has 2 aromatic rings. The molecular weight excluding hydrogens is 346 g/mol. The molecule has 1 aliphatic rings. The van der Waals surface area contributed by atoms with Crippen molar-refractivity contribution in [2.24, 2.45) is 0 Å². The van der Waals surface area contributed by atoms with Gasteiger partial charge in [0.25, 0.3) is 0 Å². The molecule has 2 heterocycles. The van der Waals surface area contributed by atoms with Gasteiger partial charge in [0.05, 0.1) is 4.92 Å². The Morgan fingerprint density at radius 2 is 2.19 bits per heavy atom. The highest BCUT2D eigenvalue weighted by Crippen LogP contribution is 2.37. The van der Waals surface area contributed by atoms with Crippen LogP contribution in [0.4, 0.5) is 23.0 Å². The maximum atomic E-state index is 11.9. The van der Waals surface area contributed by atoms with Crippen molar-refractivity contribution in [1.82, 2.24) is 9.97 Å². The van der Waals surface area contributed by atoms with Gasteiger partial charge in [0.15, 0.2) is 5.78 Å². The first kappa shape index (κ1) is 18.8. The SMILES string of the molecule is CCC1CCCCN1c1ncnc(Nc2cccc(C(C)=O)c2)c1[N+](=O)[O-]. The number of anilines is 3. The third-order valence-electron chi connectivity index (χ3n) is 4.89. The number of piperidine rings is 1. The van der Waals surface area contributed by atoms with Crippen molar-refractivity contribution in [1.29, 1.82) is 0 Å². The quantitative estimate of drug-likeness (QED) is 0.464. The molecule has 0 spiro atoms. The molecular formula is C19H23N5O3. The summed E-state index contributed by atoms with van der Waals surface area (Å²) in [5, 5.41) is 14.8. The second-order valence-electron chi connectivity index (χ2n) is 6.66. The minimum absolute atomic E-state index is 0.0735. The second-order valence-corrected chi connectivity index (χ2v) is 6.66. The van der Waals surface area contributed by atoms with Gasteiger partial charge in [-0.05, 0) is 44.7 Å². The zero-order valence-electron chi connectivity index (χ0n) is 15.5. The highest BCUT2D eigenvalue weighted by Gasteiger charge is 2.31. The van der Waals surface area contributed by atoms with Gasteiger partial charge in [-0.2, -0.15) is 0 Å². The van der Waals surface area contributed by atoms with Gasteiger partial charge in [0.1, 0.15) is 6.33 Å². The molecule has 1 aliphatic heterocycles. The molecule has 27 heavy (non-hydrogen) atoms. The van der Waals surface area contributed by atoms with E-state index in [1.807, 2.05) is 4.90 Å². The van der Waals surface area contributed by atoms with Crippen molar-refractivity contribution < 1.29 is 9.72 Å². The topological polar surface area (TPSA) is 101 Å². The highest BCUT2D eigenvalue weighted by atomic mass is 16.6. The summed E-state index contributed by atoms with van der Waals surface area (Å²) in [6.07, 6.45) is 5.37. The summed E-state index contributed by atoms with van der Waals surface area (Å²) in [5.41, 5.74) is 0.964. The van der Waals surface area contributed by atoms with Crippen LogP contribution in [0.5, 0.6) is 0 Å². The Morgan fingerprint density at radius 3 is 2.89 bits per heavy atom. The number of nitrogens with one attached hydrogen (secondary N) is 1. The van der Waals surface area contributed by atoms with Crippen LogP contribution in [-0.2, 0) is 0 Å². The number of nitrogens with zero attached hydrogens (tertiary/aromatic N) is 4. The second kappa shape index (κ2) is 8.11. The van der Waals surface area contributed by atoms with Gasteiger partial charge >= 0.3 is 5.69 Å². The molecule has 0 radical (unpaired) electrons. The number of carbonyl (C=O) groups excluding carboxylic acids is 1. The van der Waals surface area contributed by atoms with Crippen LogP contribution in [-0.4, -0.2) is 33.3 Å². The van der Waals surface area contributed by atoms with Crippen LogP contribution < -0.4 is 10.2 Å². The first-order valence-corrected chi connectivity index (χ1v) is 9.15. The number of ketones is 1. The van der Waals surface area contributed by atoms with Gasteiger partial charge in [0, 0.05) is 23.8 Å². The summed E-state index contributed by atoms with van der Waals surface area (Å²) in [4.78, 5) is 33.4. The number of hydrogen-bond donors (Lipinski definition) is 1. The molecule has 8 nitrogen and oxygen atoms in total. The van der Waals surface area contributed by atoms with E-state index in [1.165, 1.54) is 13.3 Å². The Bertz CT molecular complexity index is 855. The van der Waals surface area contributed by atoms with Crippen molar-refractivity contribution in [3.8, 4) is 0 Å². The molecule has 1 N–H and O–H groups in total. The first-order chi connectivity index (χ1) is 13.0. The maximum Gasteiger partial charge on any atom is 0.353 e. The van der Waals surface area contributed by atoms with Crippen LogP contribution in [0.1, 0.15) is 49.9 Å². The van der Waals surface area contributed by atoms with Crippen molar-refractivity contribution in [3.63, 3.8) is 0 Å². The van der Waals surface area contributed by atoms with Crippen LogP contribution >= 0.6 is 0 Å². The fraction of sp³-hybridized carbons (Fsp3) is 0.421. The number of benzene rings is 1. The molecule has 0 amide bonds. The molecule has 0 bridgehead atoms. The zero-order valence-corrected chi connectivity index (χ0v) is 15.5. The molecule has 142 valence electrons. The monoisotopic (exact) mass is 369 g/mol. The molecule has 0 saturated carbocycles. The lowest BCUT2D eigenvalue weighted by Gasteiger charge is -2.35. The van der Waals surface area contributed by atoms with E-state index in [0.717, 1.165) is 32.2 Å². The van der Waals surface area contributed by atoms with Crippen LogP contribution in [0.3, 0.4) is 0 Å². The van der Waals surface area contributed by atoms with Crippen LogP contribution in [0.25, 0.3) is 0 Å². The van der Waals surface area contributed by atoms with Crippen molar-refractivity contribution in [2.75, 3.05) is 16.8 Å². The average Bonchev–Trinajstić information content (AvgIpc) is 2.67. The standard InChI is InChI=1S/C19H23N5O3/c1-3-16-9-4-5-10-23(16)19-17(24(26)27)18(20-12-21-19)22-15-8-6-7-14(11-15)13(2)25/h6-8,11-12,16H,3-5,9-10H2,1-2H3,(H,20,21,22). The van der Waals surface area contributed by atoms with Crippen LogP contribution in [0.15, 0.2) is 30.6 Å². The van der Waals surface area contributed by atoms with E-state index in [-0.39, 0.29) is 23.3 Å². The molecule has 1 unspecified atom stereocenters. The van der Waals surface area contributed by atoms with Crippen molar-refractivity contribution in [3.05, 3.63) is 46.3 Å². The van der Waals surface area contributed by atoms with E-state index in [9.17, 15) is 14.9 Å². The fourth-order valence-electron chi connectivity index (χ4n) is 3.50. The smallest absolute Gasteiger partial charge is 0.348 e. The predicted octanol–water partition coefficient (Wildman–Crippen LogP) is 4.10. The summed E-state index contributed by atoms with van der Waals surface area (Å²) < 4.78 is 0. The Hall–Kier alpha value is -3.03. The lowest BCUT2D eigenvalue weighted by Crippen LogP contribution is -2.40. The zero-order chi connectivity index (χ0) is 19.4. The fourth-order valence-corrected chi connectivity index (χ4v) is 3.50. The van der Waals surface area contributed by atoms with Crippen LogP contribution in [0, 0.1) is 10.1 Å². The Balaban J connectivity index is 2.00. The first-order valence-electron chi connectivity index (χ1n) is 9.15. The number of aromatic nitrogens is 2. The highest BCUT2D eigenvalue weighted by molar-refractivity contribution is 5.95. The number of carbonyl (C=O) groups is 1. The lowest BCUT2D eigenvalue weighted by atomic mass is 10.00. The van der Waals surface area contributed by atoms with Gasteiger partial charge in [-0.3, -0.25) is 14.9 Å². The molecule has 1 fully saturated rings.